The van der Waals surface area contributed by atoms with Crippen LogP contribution in [0.4, 0.5) is 14.5 Å². The summed E-state index contributed by atoms with van der Waals surface area (Å²) in [4.78, 5) is 37.9. The zero-order valence-electron chi connectivity index (χ0n) is 20.5. The van der Waals surface area contributed by atoms with Gasteiger partial charge in [-0.3, -0.25) is 14.4 Å². The van der Waals surface area contributed by atoms with E-state index in [0.717, 1.165) is 11.1 Å². The number of nitrogens with one attached hydrogen (secondary N) is 1. The minimum atomic E-state index is -3.02. The quantitative estimate of drug-likeness (QED) is 0.431. The lowest BCUT2D eigenvalue weighted by molar-refractivity contribution is -0.135. The van der Waals surface area contributed by atoms with Crippen molar-refractivity contribution in [3.63, 3.8) is 0 Å². The Morgan fingerprint density at radius 2 is 1.87 bits per heavy atom. The molecule has 1 unspecified atom stereocenters. The number of pyridine rings is 1. The lowest BCUT2D eigenvalue weighted by Crippen LogP contribution is -2.34. The van der Waals surface area contributed by atoms with Crippen LogP contribution in [-0.4, -0.2) is 35.7 Å². The summed E-state index contributed by atoms with van der Waals surface area (Å²) in [7, 11) is 0. The fourth-order valence-corrected chi connectivity index (χ4v) is 4.56. The molecular formula is C27H26ClF2N3O5. The maximum atomic E-state index is 13.3. The Balaban J connectivity index is 1.72. The van der Waals surface area contributed by atoms with E-state index in [-0.39, 0.29) is 24.7 Å². The molecule has 0 bridgehead atoms. The van der Waals surface area contributed by atoms with Gasteiger partial charge in [0, 0.05) is 40.5 Å². The number of amides is 2. The van der Waals surface area contributed by atoms with Crippen molar-refractivity contribution in [1.29, 1.82) is 0 Å². The van der Waals surface area contributed by atoms with Gasteiger partial charge in [0.25, 0.3) is 5.56 Å². The number of nitrogens with zero attached hydrogens (tertiary/aromatic N) is 1. The molecule has 0 radical (unpaired) electrons. The highest BCUT2D eigenvalue weighted by Crippen LogP contribution is 2.33. The molecule has 0 saturated heterocycles. The molecule has 2 aromatic carbocycles. The van der Waals surface area contributed by atoms with Gasteiger partial charge >= 0.3 is 6.61 Å². The first-order valence-corrected chi connectivity index (χ1v) is 12.3. The van der Waals surface area contributed by atoms with E-state index in [1.54, 1.807) is 12.1 Å². The molecule has 2 heterocycles. The Labute approximate surface area is 222 Å². The minimum Gasteiger partial charge on any atom is -0.373 e. The molecule has 0 aliphatic carbocycles. The van der Waals surface area contributed by atoms with E-state index in [0.29, 0.717) is 28.3 Å². The van der Waals surface area contributed by atoms with Crippen LogP contribution in [0.15, 0.2) is 59.5 Å². The van der Waals surface area contributed by atoms with Gasteiger partial charge in [0.05, 0.1) is 19.3 Å². The maximum Gasteiger partial charge on any atom is 0.345 e. The van der Waals surface area contributed by atoms with Crippen molar-refractivity contribution >= 4 is 29.1 Å². The number of alkyl halides is 2. The van der Waals surface area contributed by atoms with Gasteiger partial charge in [-0.05, 0) is 66.4 Å². The standard InChI is InChI=1S/C27H26ClF2N3O5/c1-15-10-17-2-5-19(28)11-21(17)22-12-24(34)33(13-18(22)14-38-15)23(8-9-37-27(29)30)26(36)32-20-6-3-16(4-7-20)25(31)35/h2-7,11-13,15,23,27H,8-10,14H2,1H3,(H2,31,35)(H,32,36)/t15-,23?/m1/s1. The van der Waals surface area contributed by atoms with E-state index in [9.17, 15) is 23.2 Å². The molecule has 11 heteroatoms. The Bertz CT molecular complexity index is 1390. The lowest BCUT2D eigenvalue weighted by atomic mass is 9.92. The Kier molecular flexibility index (Phi) is 8.55. The van der Waals surface area contributed by atoms with Crippen LogP contribution in [0, 0.1) is 0 Å². The molecule has 4 rings (SSSR count). The molecule has 3 N–H and O–H groups in total. The average Bonchev–Trinajstić information content (AvgIpc) is 2.86. The van der Waals surface area contributed by atoms with Crippen molar-refractivity contribution in [3.8, 4) is 11.1 Å². The van der Waals surface area contributed by atoms with Crippen molar-refractivity contribution in [3.05, 3.63) is 86.8 Å². The normalized spacial score (nSPS) is 15.7. The number of carbonyl (C=O) groups is 2. The highest BCUT2D eigenvalue weighted by Gasteiger charge is 2.26. The molecule has 0 saturated carbocycles. The maximum absolute atomic E-state index is 13.3. The van der Waals surface area contributed by atoms with E-state index in [1.165, 1.54) is 41.1 Å². The van der Waals surface area contributed by atoms with E-state index in [1.807, 2.05) is 13.0 Å². The molecule has 1 aliphatic heterocycles. The van der Waals surface area contributed by atoms with E-state index in [2.05, 4.69) is 10.1 Å². The SMILES string of the molecule is C[C@@H]1Cc2ccc(Cl)cc2-c2cc(=O)n(C(CCOC(F)F)C(=O)Nc3ccc(C(N)=O)cc3)cc2CO1. The molecule has 1 aliphatic rings. The minimum absolute atomic E-state index is 0.120. The topological polar surface area (TPSA) is 113 Å². The third-order valence-corrected chi connectivity index (χ3v) is 6.50. The molecule has 1 aromatic heterocycles. The molecule has 0 fully saturated rings. The van der Waals surface area contributed by atoms with Gasteiger partial charge in [0.15, 0.2) is 0 Å². The van der Waals surface area contributed by atoms with Gasteiger partial charge in [-0.1, -0.05) is 17.7 Å². The van der Waals surface area contributed by atoms with Crippen LogP contribution in [0.25, 0.3) is 11.1 Å². The first kappa shape index (κ1) is 27.4. The lowest BCUT2D eigenvalue weighted by Gasteiger charge is -2.25. The fraction of sp³-hybridized carbons (Fsp3) is 0.296. The predicted octanol–water partition coefficient (Wildman–Crippen LogP) is 4.54. The van der Waals surface area contributed by atoms with Crippen molar-refractivity contribution in [2.75, 3.05) is 11.9 Å². The van der Waals surface area contributed by atoms with Crippen LogP contribution in [0.3, 0.4) is 0 Å². The Hall–Kier alpha value is -3.60. The Morgan fingerprint density at radius 1 is 1.16 bits per heavy atom. The summed E-state index contributed by atoms with van der Waals surface area (Å²) >= 11 is 6.26. The van der Waals surface area contributed by atoms with E-state index in [4.69, 9.17) is 22.1 Å². The monoisotopic (exact) mass is 545 g/mol. The number of benzene rings is 2. The van der Waals surface area contributed by atoms with Crippen LogP contribution in [0.2, 0.25) is 5.02 Å². The molecule has 0 spiro atoms. The summed E-state index contributed by atoms with van der Waals surface area (Å²) in [5.41, 5.74) is 8.34. The van der Waals surface area contributed by atoms with Gasteiger partial charge in [-0.2, -0.15) is 8.78 Å². The summed E-state index contributed by atoms with van der Waals surface area (Å²) in [6.45, 7) is -1.39. The number of fused-ring (bicyclic) bond motifs is 3. The fourth-order valence-electron chi connectivity index (χ4n) is 4.39. The van der Waals surface area contributed by atoms with Crippen LogP contribution < -0.4 is 16.6 Å². The highest BCUT2D eigenvalue weighted by molar-refractivity contribution is 6.30. The number of primary amides is 1. The number of halogens is 3. The number of ether oxygens (including phenoxy) is 2. The highest BCUT2D eigenvalue weighted by atomic mass is 35.5. The summed E-state index contributed by atoms with van der Waals surface area (Å²) in [6.07, 6.45) is 1.82. The van der Waals surface area contributed by atoms with Crippen molar-refractivity contribution in [1.82, 2.24) is 4.57 Å². The molecule has 3 aromatic rings. The summed E-state index contributed by atoms with van der Waals surface area (Å²) < 4.78 is 36.9. The summed E-state index contributed by atoms with van der Waals surface area (Å²) in [5, 5.41) is 3.17. The first-order chi connectivity index (χ1) is 18.1. The van der Waals surface area contributed by atoms with Gasteiger partial charge in [0.1, 0.15) is 6.04 Å². The average molecular weight is 546 g/mol. The molecule has 2 amide bonds. The number of rotatable bonds is 8. The second-order valence-corrected chi connectivity index (χ2v) is 9.39. The summed E-state index contributed by atoms with van der Waals surface area (Å²) in [5.74, 6) is -1.25. The number of nitrogens with two attached hydrogens (primary N) is 1. The zero-order valence-corrected chi connectivity index (χ0v) is 21.2. The largest absolute Gasteiger partial charge is 0.373 e. The molecular weight excluding hydrogens is 520 g/mol. The van der Waals surface area contributed by atoms with Crippen molar-refractivity contribution in [2.45, 2.75) is 45.1 Å². The van der Waals surface area contributed by atoms with E-state index < -0.39 is 36.6 Å². The van der Waals surface area contributed by atoms with Crippen LogP contribution in [0.1, 0.15) is 40.9 Å². The number of aromatic nitrogens is 1. The van der Waals surface area contributed by atoms with Crippen LogP contribution in [0.5, 0.6) is 0 Å². The van der Waals surface area contributed by atoms with Crippen molar-refractivity contribution in [2.24, 2.45) is 5.73 Å². The second kappa shape index (κ2) is 11.8. The zero-order chi connectivity index (χ0) is 27.4. The smallest absolute Gasteiger partial charge is 0.345 e. The van der Waals surface area contributed by atoms with Crippen LogP contribution >= 0.6 is 11.6 Å². The number of anilines is 1. The van der Waals surface area contributed by atoms with Gasteiger partial charge < -0.3 is 25.1 Å². The van der Waals surface area contributed by atoms with Gasteiger partial charge in [-0.15, -0.1) is 0 Å². The number of hydrogen-bond acceptors (Lipinski definition) is 5. The van der Waals surface area contributed by atoms with Crippen LogP contribution in [-0.2, 0) is 27.3 Å². The number of carbonyl (C=O) groups excluding carboxylic acids is 2. The van der Waals surface area contributed by atoms with E-state index >= 15 is 0 Å². The first-order valence-electron chi connectivity index (χ1n) is 11.9. The van der Waals surface area contributed by atoms with Crippen molar-refractivity contribution < 1.29 is 27.8 Å². The third-order valence-electron chi connectivity index (χ3n) is 6.27. The number of hydrogen-bond donors (Lipinski definition) is 2. The van der Waals surface area contributed by atoms with Gasteiger partial charge in [0.2, 0.25) is 11.8 Å². The molecule has 2 atom stereocenters. The molecule has 8 nitrogen and oxygen atoms in total. The third kappa shape index (κ3) is 6.45. The Morgan fingerprint density at radius 3 is 2.55 bits per heavy atom. The molecule has 200 valence electrons. The van der Waals surface area contributed by atoms with Gasteiger partial charge in [-0.25, -0.2) is 0 Å². The summed E-state index contributed by atoms with van der Waals surface area (Å²) in [6, 6.07) is 11.5. The molecule has 38 heavy (non-hydrogen) atoms. The predicted molar refractivity (Wildman–Crippen MR) is 138 cm³/mol. The second-order valence-electron chi connectivity index (χ2n) is 8.95.